The maximum Gasteiger partial charge on any atom is 0.195 e. The quantitative estimate of drug-likeness (QED) is 0.384. The topological polar surface area (TPSA) is 68.8 Å². The molecule has 0 aliphatic heterocycles. The third kappa shape index (κ3) is 5.92. The molecule has 3 rings (SSSR count). The molecule has 0 bridgehead atoms. The highest BCUT2D eigenvalue weighted by molar-refractivity contribution is 7.99. The Morgan fingerprint density at radius 3 is 2.61 bits per heavy atom. The molecule has 0 amide bonds. The second-order valence-electron chi connectivity index (χ2n) is 6.83. The van der Waals surface area contributed by atoms with Gasteiger partial charge in [0.2, 0.25) is 0 Å². The van der Waals surface area contributed by atoms with Gasteiger partial charge in [-0.15, -0.1) is 10.2 Å². The highest BCUT2D eigenvalue weighted by Gasteiger charge is 2.15. The Morgan fingerprint density at radius 2 is 1.82 bits per heavy atom. The monoisotopic (exact) mass is 395 g/mol. The average molecular weight is 396 g/mol. The van der Waals surface area contributed by atoms with E-state index in [0.717, 1.165) is 61.3 Å². The van der Waals surface area contributed by atoms with Gasteiger partial charge in [-0.2, -0.15) is 0 Å². The summed E-state index contributed by atoms with van der Waals surface area (Å²) >= 11 is 1.77. The Kier molecular flexibility index (Phi) is 8.08. The predicted octanol–water partition coefficient (Wildman–Crippen LogP) is 3.59. The van der Waals surface area contributed by atoms with Gasteiger partial charge < -0.3 is 11.1 Å². The lowest BCUT2D eigenvalue weighted by atomic mass is 10.1. The van der Waals surface area contributed by atoms with E-state index in [9.17, 15) is 0 Å². The molecule has 2 aromatic carbocycles. The Morgan fingerprint density at radius 1 is 1.00 bits per heavy atom. The van der Waals surface area contributed by atoms with Gasteiger partial charge in [0.25, 0.3) is 0 Å². The van der Waals surface area contributed by atoms with E-state index in [0.29, 0.717) is 0 Å². The van der Waals surface area contributed by atoms with Gasteiger partial charge in [-0.05, 0) is 62.7 Å². The first kappa shape index (κ1) is 20.6. The van der Waals surface area contributed by atoms with Crippen molar-refractivity contribution in [3.63, 3.8) is 0 Å². The van der Waals surface area contributed by atoms with Crippen LogP contribution >= 0.6 is 11.8 Å². The van der Waals surface area contributed by atoms with Gasteiger partial charge >= 0.3 is 0 Å². The van der Waals surface area contributed by atoms with Crippen molar-refractivity contribution < 1.29 is 0 Å². The molecular weight excluding hydrogens is 366 g/mol. The number of hydrogen-bond acceptors (Lipinski definition) is 5. The molecule has 148 valence electrons. The Labute approximate surface area is 171 Å². The van der Waals surface area contributed by atoms with Crippen LogP contribution in [0.1, 0.15) is 29.8 Å². The van der Waals surface area contributed by atoms with Gasteiger partial charge in [-0.3, -0.25) is 4.57 Å². The van der Waals surface area contributed by atoms with Crippen LogP contribution in [0, 0.1) is 6.92 Å². The number of thioether (sulfide) groups is 1. The highest BCUT2D eigenvalue weighted by atomic mass is 32.2. The average Bonchev–Trinajstić information content (AvgIpc) is 3.10. The first-order chi connectivity index (χ1) is 13.8. The molecule has 0 atom stereocenters. The zero-order valence-corrected chi connectivity index (χ0v) is 17.3. The molecule has 0 aliphatic carbocycles. The Bertz CT molecular complexity index is 847. The molecule has 0 fully saturated rings. The Hall–Kier alpha value is -2.15. The lowest BCUT2D eigenvalue weighted by Gasteiger charge is -2.11. The van der Waals surface area contributed by atoms with Crippen LogP contribution in [0.5, 0.6) is 0 Å². The number of hydrogen-bond donors (Lipinski definition) is 2. The van der Waals surface area contributed by atoms with Crippen LogP contribution in [0.3, 0.4) is 0 Å². The van der Waals surface area contributed by atoms with E-state index in [1.807, 2.05) is 6.07 Å². The van der Waals surface area contributed by atoms with Crippen molar-refractivity contribution in [1.29, 1.82) is 0 Å². The van der Waals surface area contributed by atoms with Crippen molar-refractivity contribution in [2.24, 2.45) is 5.73 Å². The second kappa shape index (κ2) is 11.0. The molecule has 0 radical (unpaired) electrons. The van der Waals surface area contributed by atoms with Gasteiger partial charge in [0.05, 0.1) is 0 Å². The number of nitrogens with one attached hydrogen (secondary N) is 1. The van der Waals surface area contributed by atoms with Crippen LogP contribution in [0.4, 0.5) is 0 Å². The molecule has 5 nitrogen and oxygen atoms in total. The fourth-order valence-corrected chi connectivity index (χ4v) is 3.94. The van der Waals surface area contributed by atoms with Crippen LogP contribution in [0.25, 0.3) is 5.69 Å². The minimum atomic E-state index is 0.742. The van der Waals surface area contributed by atoms with Gasteiger partial charge in [0.1, 0.15) is 5.82 Å². The first-order valence-corrected chi connectivity index (χ1v) is 10.9. The SMILES string of the molecule is Cc1cccc(-n2c(Cc3ccccc3)nnc2SCCCNCCCN)c1. The highest BCUT2D eigenvalue weighted by Crippen LogP contribution is 2.24. The summed E-state index contributed by atoms with van der Waals surface area (Å²) in [5.74, 6) is 1.98. The number of benzene rings is 2. The molecule has 1 heterocycles. The molecule has 3 aromatic rings. The molecule has 28 heavy (non-hydrogen) atoms. The summed E-state index contributed by atoms with van der Waals surface area (Å²) in [5.41, 5.74) is 9.12. The summed E-state index contributed by atoms with van der Waals surface area (Å²) < 4.78 is 2.20. The first-order valence-electron chi connectivity index (χ1n) is 9.87. The van der Waals surface area contributed by atoms with Crippen LogP contribution < -0.4 is 11.1 Å². The number of nitrogens with zero attached hydrogens (tertiary/aromatic N) is 3. The molecule has 6 heteroatoms. The fraction of sp³-hybridized carbons (Fsp3) is 0.364. The largest absolute Gasteiger partial charge is 0.330 e. The van der Waals surface area contributed by atoms with Crippen molar-refractivity contribution in [1.82, 2.24) is 20.1 Å². The minimum absolute atomic E-state index is 0.742. The normalized spacial score (nSPS) is 11.1. The zero-order valence-electron chi connectivity index (χ0n) is 16.5. The van der Waals surface area contributed by atoms with Crippen molar-refractivity contribution >= 4 is 11.8 Å². The van der Waals surface area contributed by atoms with E-state index in [-0.39, 0.29) is 0 Å². The van der Waals surface area contributed by atoms with Crippen molar-refractivity contribution in [3.05, 3.63) is 71.5 Å². The molecular formula is C22H29N5S. The standard InChI is InChI=1S/C22H29N5S/c1-18-8-5-11-20(16-18)27-21(17-19-9-3-2-4-10-19)25-26-22(27)28-15-7-14-24-13-6-12-23/h2-5,8-11,16,24H,6-7,12-15,17,23H2,1H3. The zero-order chi connectivity index (χ0) is 19.6. The van der Waals surface area contributed by atoms with Gasteiger partial charge in [0, 0.05) is 17.9 Å². The van der Waals surface area contributed by atoms with E-state index < -0.39 is 0 Å². The molecule has 0 saturated carbocycles. The molecule has 3 N–H and O–H groups in total. The number of aryl methyl sites for hydroxylation is 1. The summed E-state index contributed by atoms with van der Waals surface area (Å²) in [5, 5.41) is 13.4. The fourth-order valence-electron chi connectivity index (χ4n) is 3.03. The van der Waals surface area contributed by atoms with Crippen LogP contribution in [-0.4, -0.2) is 40.2 Å². The number of aromatic nitrogens is 3. The molecule has 0 saturated heterocycles. The van der Waals surface area contributed by atoms with Crippen LogP contribution in [-0.2, 0) is 6.42 Å². The van der Waals surface area contributed by atoms with Gasteiger partial charge in [-0.25, -0.2) is 0 Å². The number of nitrogens with two attached hydrogens (primary N) is 1. The lowest BCUT2D eigenvalue weighted by molar-refractivity contribution is 0.647. The molecule has 0 aliphatic rings. The van der Waals surface area contributed by atoms with Crippen LogP contribution in [0.2, 0.25) is 0 Å². The minimum Gasteiger partial charge on any atom is -0.330 e. The molecule has 0 spiro atoms. The maximum atomic E-state index is 5.52. The van der Waals surface area contributed by atoms with Crippen LogP contribution in [0.15, 0.2) is 59.8 Å². The summed E-state index contributed by atoms with van der Waals surface area (Å²) in [6, 6.07) is 19.0. The second-order valence-corrected chi connectivity index (χ2v) is 7.89. The number of rotatable bonds is 11. The predicted molar refractivity (Wildman–Crippen MR) is 117 cm³/mol. The van der Waals surface area contributed by atoms with E-state index in [4.69, 9.17) is 5.73 Å². The molecule has 0 unspecified atom stereocenters. The summed E-state index contributed by atoms with van der Waals surface area (Å²) in [7, 11) is 0. The van der Waals surface area contributed by atoms with Crippen molar-refractivity contribution in [2.45, 2.75) is 31.3 Å². The lowest BCUT2D eigenvalue weighted by Crippen LogP contribution is -2.19. The summed E-state index contributed by atoms with van der Waals surface area (Å²) in [4.78, 5) is 0. The Balaban J connectivity index is 1.72. The van der Waals surface area contributed by atoms with E-state index >= 15 is 0 Å². The smallest absolute Gasteiger partial charge is 0.195 e. The maximum absolute atomic E-state index is 5.52. The summed E-state index contributed by atoms with van der Waals surface area (Å²) in [6.07, 6.45) is 2.88. The molecule has 1 aromatic heterocycles. The van der Waals surface area contributed by atoms with E-state index in [1.165, 1.54) is 11.1 Å². The van der Waals surface area contributed by atoms with E-state index in [1.54, 1.807) is 11.8 Å². The summed E-state index contributed by atoms with van der Waals surface area (Å²) in [6.45, 7) is 4.85. The van der Waals surface area contributed by atoms with Gasteiger partial charge in [-0.1, -0.05) is 54.2 Å². The van der Waals surface area contributed by atoms with E-state index in [2.05, 4.69) is 75.5 Å². The third-order valence-corrected chi connectivity index (χ3v) is 5.47. The van der Waals surface area contributed by atoms with Gasteiger partial charge in [0.15, 0.2) is 5.16 Å². The third-order valence-electron chi connectivity index (χ3n) is 4.45. The van der Waals surface area contributed by atoms with Crippen molar-refractivity contribution in [2.75, 3.05) is 25.4 Å². The van der Waals surface area contributed by atoms with Crippen molar-refractivity contribution in [3.8, 4) is 5.69 Å².